The predicted molar refractivity (Wildman–Crippen MR) is 62.9 cm³/mol. The van der Waals surface area contributed by atoms with Gasteiger partial charge in [0.05, 0.1) is 11.4 Å². The van der Waals surface area contributed by atoms with Crippen molar-refractivity contribution in [2.45, 2.75) is 0 Å². The second-order valence-corrected chi connectivity index (χ2v) is 3.89. The summed E-state index contributed by atoms with van der Waals surface area (Å²) in [4.78, 5) is 13.1. The normalized spacial score (nSPS) is 14.4. The van der Waals surface area contributed by atoms with E-state index in [9.17, 15) is 4.79 Å². The zero-order valence-corrected chi connectivity index (χ0v) is 9.30. The van der Waals surface area contributed by atoms with E-state index in [4.69, 9.17) is 4.74 Å². The first kappa shape index (κ1) is 9.89. The van der Waals surface area contributed by atoms with Crippen LogP contribution in [0.15, 0.2) is 30.5 Å². The number of aromatic amines is 1. The van der Waals surface area contributed by atoms with Crippen LogP contribution in [0.2, 0.25) is 0 Å². The highest BCUT2D eigenvalue weighted by Gasteiger charge is 2.22. The van der Waals surface area contributed by atoms with Crippen LogP contribution in [-0.4, -0.2) is 29.8 Å². The van der Waals surface area contributed by atoms with Crippen molar-refractivity contribution in [3.05, 3.63) is 30.5 Å². The van der Waals surface area contributed by atoms with Crippen LogP contribution in [0.25, 0.3) is 11.3 Å². The summed E-state index contributed by atoms with van der Waals surface area (Å²) >= 11 is 0. The van der Waals surface area contributed by atoms with Gasteiger partial charge >= 0.3 is 0 Å². The monoisotopic (exact) mass is 229 g/mol. The van der Waals surface area contributed by atoms with Gasteiger partial charge in [-0.2, -0.15) is 5.10 Å². The smallest absolute Gasteiger partial charge is 0.264 e. The molecule has 1 N–H and O–H groups in total. The van der Waals surface area contributed by atoms with Crippen molar-refractivity contribution in [1.82, 2.24) is 10.2 Å². The molecule has 3 rings (SSSR count). The lowest BCUT2D eigenvalue weighted by Gasteiger charge is -2.26. The fourth-order valence-corrected chi connectivity index (χ4v) is 1.86. The average molecular weight is 229 g/mol. The Morgan fingerprint density at radius 1 is 1.41 bits per heavy atom. The van der Waals surface area contributed by atoms with Crippen molar-refractivity contribution in [3.63, 3.8) is 0 Å². The first-order chi connectivity index (χ1) is 8.25. The lowest BCUT2D eigenvalue weighted by Crippen LogP contribution is -2.35. The van der Waals surface area contributed by atoms with Gasteiger partial charge in [0.25, 0.3) is 5.91 Å². The molecule has 1 aliphatic rings. The molecule has 0 atom stereocenters. The lowest BCUT2D eigenvalue weighted by atomic mass is 10.1. The standard InChI is InChI=1S/C12H11N3O2/c1-15-10-6-8(9-4-5-13-14-9)2-3-11(10)17-7-12(15)16/h2-6H,7H2,1H3,(H,13,14). The van der Waals surface area contributed by atoms with Crippen molar-refractivity contribution in [2.75, 3.05) is 18.6 Å². The molecule has 0 radical (unpaired) electrons. The molecule has 0 bridgehead atoms. The number of hydrogen-bond donors (Lipinski definition) is 1. The third kappa shape index (κ3) is 1.56. The van der Waals surface area contributed by atoms with Crippen LogP contribution in [0.4, 0.5) is 5.69 Å². The minimum atomic E-state index is -0.0424. The summed E-state index contributed by atoms with van der Waals surface area (Å²) in [6.45, 7) is 0.104. The Bertz CT molecular complexity index is 563. The number of hydrogen-bond acceptors (Lipinski definition) is 3. The number of amides is 1. The number of fused-ring (bicyclic) bond motifs is 1. The van der Waals surface area contributed by atoms with Gasteiger partial charge < -0.3 is 9.64 Å². The largest absolute Gasteiger partial charge is 0.482 e. The minimum Gasteiger partial charge on any atom is -0.482 e. The fraction of sp³-hybridized carbons (Fsp3) is 0.167. The van der Waals surface area contributed by atoms with Crippen molar-refractivity contribution in [3.8, 4) is 17.0 Å². The molecule has 86 valence electrons. The maximum atomic E-state index is 11.5. The fourth-order valence-electron chi connectivity index (χ4n) is 1.86. The van der Waals surface area contributed by atoms with Gasteiger partial charge in [0.1, 0.15) is 5.75 Å². The Morgan fingerprint density at radius 2 is 2.29 bits per heavy atom. The second kappa shape index (κ2) is 3.62. The molecule has 5 heteroatoms. The maximum absolute atomic E-state index is 11.5. The van der Waals surface area contributed by atoms with Crippen LogP contribution in [-0.2, 0) is 4.79 Å². The van der Waals surface area contributed by atoms with Gasteiger partial charge in [0, 0.05) is 18.8 Å². The van der Waals surface area contributed by atoms with E-state index in [2.05, 4.69) is 10.2 Å². The van der Waals surface area contributed by atoms with E-state index in [1.54, 1.807) is 18.1 Å². The van der Waals surface area contributed by atoms with E-state index in [1.165, 1.54) is 0 Å². The van der Waals surface area contributed by atoms with Gasteiger partial charge in [-0.3, -0.25) is 9.89 Å². The van der Waals surface area contributed by atoms with E-state index in [1.807, 2.05) is 24.3 Å². The van der Waals surface area contributed by atoms with Crippen LogP contribution in [0, 0.1) is 0 Å². The van der Waals surface area contributed by atoms with Gasteiger partial charge in [-0.1, -0.05) is 0 Å². The van der Waals surface area contributed by atoms with E-state index >= 15 is 0 Å². The summed E-state index contributed by atoms with van der Waals surface area (Å²) in [7, 11) is 1.75. The molecule has 5 nitrogen and oxygen atoms in total. The highest BCUT2D eigenvalue weighted by Crippen LogP contribution is 2.34. The van der Waals surface area contributed by atoms with Gasteiger partial charge in [-0.05, 0) is 24.3 Å². The number of carbonyl (C=O) groups excluding carboxylic acids is 1. The van der Waals surface area contributed by atoms with Crippen molar-refractivity contribution >= 4 is 11.6 Å². The summed E-state index contributed by atoms with van der Waals surface area (Å²) in [5.74, 6) is 0.689. The molecule has 0 unspecified atom stereocenters. The number of nitrogens with zero attached hydrogens (tertiary/aromatic N) is 2. The van der Waals surface area contributed by atoms with Crippen LogP contribution >= 0.6 is 0 Å². The van der Waals surface area contributed by atoms with E-state index in [0.717, 1.165) is 22.7 Å². The molecule has 1 aromatic carbocycles. The van der Waals surface area contributed by atoms with Crippen LogP contribution < -0.4 is 9.64 Å². The second-order valence-electron chi connectivity index (χ2n) is 3.89. The number of rotatable bonds is 1. The Balaban J connectivity index is 2.09. The number of aromatic nitrogens is 2. The Kier molecular flexibility index (Phi) is 2.11. The number of likely N-dealkylation sites (N-methyl/N-ethyl adjacent to an activating group) is 1. The zero-order valence-electron chi connectivity index (χ0n) is 9.30. The summed E-state index contributed by atoms with van der Waals surface area (Å²) in [6.07, 6.45) is 1.69. The summed E-state index contributed by atoms with van der Waals surface area (Å²) in [6, 6.07) is 7.61. The van der Waals surface area contributed by atoms with Crippen LogP contribution in [0.3, 0.4) is 0 Å². The molecular formula is C12H11N3O2. The molecular weight excluding hydrogens is 218 g/mol. The summed E-state index contributed by atoms with van der Waals surface area (Å²) in [5.41, 5.74) is 2.68. The first-order valence-electron chi connectivity index (χ1n) is 5.29. The van der Waals surface area contributed by atoms with Gasteiger partial charge in [0.2, 0.25) is 0 Å². The molecule has 0 fully saturated rings. The maximum Gasteiger partial charge on any atom is 0.264 e. The summed E-state index contributed by atoms with van der Waals surface area (Å²) < 4.78 is 5.36. The molecule has 17 heavy (non-hydrogen) atoms. The van der Waals surface area contributed by atoms with Gasteiger partial charge in [0.15, 0.2) is 6.61 Å². The molecule has 0 aliphatic carbocycles. The third-order valence-electron chi connectivity index (χ3n) is 2.86. The third-order valence-corrected chi connectivity index (χ3v) is 2.86. The average Bonchev–Trinajstić information content (AvgIpc) is 2.87. The molecule has 0 spiro atoms. The highest BCUT2D eigenvalue weighted by molar-refractivity contribution is 5.98. The van der Waals surface area contributed by atoms with E-state index in [0.29, 0.717) is 0 Å². The molecule has 2 aromatic rings. The predicted octanol–water partition coefficient (Wildman–Crippen LogP) is 1.43. The van der Waals surface area contributed by atoms with Crippen molar-refractivity contribution < 1.29 is 9.53 Å². The Labute approximate surface area is 98.0 Å². The molecule has 1 amide bonds. The lowest BCUT2D eigenvalue weighted by molar-refractivity contribution is -0.120. The highest BCUT2D eigenvalue weighted by atomic mass is 16.5. The Hall–Kier alpha value is -2.30. The number of H-pyrrole nitrogens is 1. The van der Waals surface area contributed by atoms with Crippen molar-refractivity contribution in [1.29, 1.82) is 0 Å². The number of benzene rings is 1. The molecule has 1 aromatic heterocycles. The van der Waals surface area contributed by atoms with Gasteiger partial charge in [-0.25, -0.2) is 0 Å². The SMILES string of the molecule is CN1C(=O)COc2ccc(-c3ccn[nH]3)cc21. The zero-order chi connectivity index (χ0) is 11.8. The van der Waals surface area contributed by atoms with Crippen LogP contribution in [0.5, 0.6) is 5.75 Å². The number of ether oxygens (including phenoxy) is 1. The number of nitrogens with one attached hydrogen (secondary N) is 1. The first-order valence-corrected chi connectivity index (χ1v) is 5.29. The van der Waals surface area contributed by atoms with E-state index in [-0.39, 0.29) is 12.5 Å². The van der Waals surface area contributed by atoms with Crippen LogP contribution in [0.1, 0.15) is 0 Å². The summed E-state index contributed by atoms with van der Waals surface area (Å²) in [5, 5.41) is 6.80. The molecule has 0 saturated carbocycles. The molecule has 2 heterocycles. The minimum absolute atomic E-state index is 0.0424. The van der Waals surface area contributed by atoms with Crippen molar-refractivity contribution in [2.24, 2.45) is 0 Å². The Morgan fingerprint density at radius 3 is 3.06 bits per heavy atom. The quantitative estimate of drug-likeness (QED) is 0.804. The van der Waals surface area contributed by atoms with E-state index < -0.39 is 0 Å². The molecule has 1 aliphatic heterocycles. The topological polar surface area (TPSA) is 58.2 Å². The van der Waals surface area contributed by atoms with Gasteiger partial charge in [-0.15, -0.1) is 0 Å². The molecule has 0 saturated heterocycles. The number of anilines is 1. The number of carbonyl (C=O) groups is 1.